The fraction of sp³-hybridized carbons (Fsp3) is 0.333. The Kier molecular flexibility index (Phi) is 6.69. The van der Waals surface area contributed by atoms with E-state index >= 15 is 0 Å². The number of amidine groups is 1. The van der Waals surface area contributed by atoms with E-state index in [-0.39, 0.29) is 29.7 Å². The predicted molar refractivity (Wildman–Crippen MR) is 118 cm³/mol. The van der Waals surface area contributed by atoms with Crippen molar-refractivity contribution in [1.82, 2.24) is 4.90 Å². The summed E-state index contributed by atoms with van der Waals surface area (Å²) in [7, 11) is 2.99. The molecule has 2 heterocycles. The number of thioether (sulfide) groups is 1. The van der Waals surface area contributed by atoms with Crippen molar-refractivity contribution in [3.8, 4) is 0 Å². The zero-order chi connectivity index (χ0) is 22.7. The number of nitrogens with zero attached hydrogens (tertiary/aromatic N) is 3. The van der Waals surface area contributed by atoms with Crippen molar-refractivity contribution in [2.45, 2.75) is 13.8 Å². The molecule has 4 amide bonds. The number of amides is 4. The molecule has 2 aliphatic heterocycles. The van der Waals surface area contributed by atoms with Gasteiger partial charge in [0.05, 0.1) is 37.7 Å². The van der Waals surface area contributed by atoms with Crippen LogP contribution in [0.5, 0.6) is 0 Å². The Balaban J connectivity index is 1.76. The molecule has 1 atom stereocenters. The highest BCUT2D eigenvalue weighted by Gasteiger charge is 2.47. The second kappa shape index (κ2) is 9.25. The average Bonchev–Trinajstić information content (AvgIpc) is 2.75. The third-order valence-electron chi connectivity index (χ3n) is 4.85. The lowest BCUT2D eigenvalue weighted by Gasteiger charge is -2.27. The highest BCUT2D eigenvalue weighted by atomic mass is 32.2. The Morgan fingerprint density at radius 2 is 2.00 bits per heavy atom. The molecule has 3 rings (SSSR count). The van der Waals surface area contributed by atoms with E-state index in [0.717, 1.165) is 10.5 Å². The molecule has 0 saturated heterocycles. The lowest BCUT2D eigenvalue weighted by Crippen LogP contribution is -2.52. The summed E-state index contributed by atoms with van der Waals surface area (Å²) < 4.78 is 6.36. The highest BCUT2D eigenvalue weighted by Crippen LogP contribution is 2.34. The summed E-state index contributed by atoms with van der Waals surface area (Å²) >= 11 is 1.21. The van der Waals surface area contributed by atoms with Gasteiger partial charge in [-0.05, 0) is 31.6 Å². The number of imide groups is 1. The fourth-order valence-corrected chi connectivity index (χ4v) is 4.28. The van der Waals surface area contributed by atoms with Crippen LogP contribution < -0.4 is 5.32 Å². The standard InChI is InChI=1S/C21H22N4O5S/c1-5-30-20(28)13-8-6-7-9-14(13)23-15(26)11-31-17-12(2)10-22-18-16(17)19(27)25(4)21(29)24(18)3/h6-10,16H,5,11H2,1-4H3/p+1. The third kappa shape index (κ3) is 4.43. The van der Waals surface area contributed by atoms with Crippen LogP contribution in [0.25, 0.3) is 0 Å². The highest BCUT2D eigenvalue weighted by molar-refractivity contribution is 8.03. The van der Waals surface area contributed by atoms with Gasteiger partial charge in [0.25, 0.3) is 5.84 Å². The maximum Gasteiger partial charge on any atom is 0.445 e. The van der Waals surface area contributed by atoms with Crippen molar-refractivity contribution in [3.63, 3.8) is 0 Å². The number of hydrogen-bond donors (Lipinski definition) is 1. The van der Waals surface area contributed by atoms with Crippen LogP contribution in [0.4, 0.5) is 10.5 Å². The van der Waals surface area contributed by atoms with Gasteiger partial charge in [-0.2, -0.15) is 9.48 Å². The minimum Gasteiger partial charge on any atom is -0.462 e. The number of anilines is 1. The minimum atomic E-state index is -0.734. The monoisotopic (exact) mass is 443 g/mol. The molecule has 0 aliphatic carbocycles. The first-order valence-electron chi connectivity index (χ1n) is 9.62. The van der Waals surface area contributed by atoms with Gasteiger partial charge < -0.3 is 10.1 Å². The molecular formula is C21H23N4O5S+. The smallest absolute Gasteiger partial charge is 0.445 e. The number of benzene rings is 1. The first-order valence-corrected chi connectivity index (χ1v) is 10.6. The molecule has 162 valence electrons. The number of fused-ring (bicyclic) bond motifs is 1. The van der Waals surface area contributed by atoms with Crippen LogP contribution in [0.3, 0.4) is 0 Å². The van der Waals surface area contributed by atoms with Gasteiger partial charge in [-0.1, -0.05) is 12.1 Å². The maximum absolute atomic E-state index is 12.8. The van der Waals surface area contributed by atoms with E-state index in [1.54, 1.807) is 51.4 Å². The van der Waals surface area contributed by atoms with Crippen molar-refractivity contribution < 1.29 is 28.5 Å². The van der Waals surface area contributed by atoms with Crippen molar-refractivity contribution in [2.75, 3.05) is 31.8 Å². The fourth-order valence-electron chi connectivity index (χ4n) is 3.27. The lowest BCUT2D eigenvalue weighted by atomic mass is 9.99. The van der Waals surface area contributed by atoms with Crippen molar-refractivity contribution in [3.05, 3.63) is 40.3 Å². The van der Waals surface area contributed by atoms with Gasteiger partial charge in [-0.25, -0.2) is 9.59 Å². The average molecular weight is 444 g/mol. The number of dihydropyridines is 1. The van der Waals surface area contributed by atoms with Gasteiger partial charge >= 0.3 is 17.9 Å². The van der Waals surface area contributed by atoms with E-state index in [1.165, 1.54) is 23.4 Å². The van der Waals surface area contributed by atoms with Gasteiger partial charge in [-0.15, -0.1) is 16.8 Å². The van der Waals surface area contributed by atoms with Crippen LogP contribution in [-0.2, 0) is 14.3 Å². The molecule has 1 aromatic rings. The number of esters is 1. The third-order valence-corrected chi connectivity index (χ3v) is 6.13. The maximum atomic E-state index is 12.8. The van der Waals surface area contributed by atoms with Crippen LogP contribution >= 0.6 is 11.8 Å². The minimum absolute atomic E-state index is 0.0100. The Hall–Kier alpha value is -3.27. The van der Waals surface area contributed by atoms with Crippen LogP contribution in [0.1, 0.15) is 24.2 Å². The number of carbonyl (C=O) groups is 4. The van der Waals surface area contributed by atoms with E-state index in [4.69, 9.17) is 4.74 Å². The molecule has 0 saturated carbocycles. The Bertz CT molecular complexity index is 1060. The molecule has 31 heavy (non-hydrogen) atoms. The molecule has 1 aromatic carbocycles. The number of carbonyl (C=O) groups excluding carboxylic acids is 4. The normalized spacial score (nSPS) is 18.3. The molecule has 0 fully saturated rings. The van der Waals surface area contributed by atoms with Gasteiger partial charge in [0.1, 0.15) is 6.21 Å². The van der Waals surface area contributed by atoms with Crippen LogP contribution in [-0.4, -0.2) is 71.8 Å². The van der Waals surface area contributed by atoms with Crippen LogP contribution in [0.2, 0.25) is 0 Å². The first-order chi connectivity index (χ1) is 14.8. The number of aliphatic imine (C=N–C) groups is 1. The zero-order valence-electron chi connectivity index (χ0n) is 17.7. The number of para-hydroxylation sites is 1. The molecule has 0 aromatic heterocycles. The summed E-state index contributed by atoms with van der Waals surface area (Å²) in [5.74, 6) is -1.62. The molecule has 9 nitrogen and oxygen atoms in total. The predicted octanol–water partition coefficient (Wildman–Crippen LogP) is 2.14. The van der Waals surface area contributed by atoms with Gasteiger partial charge in [0.15, 0.2) is 5.92 Å². The van der Waals surface area contributed by atoms with Crippen LogP contribution in [0.15, 0.2) is 39.7 Å². The summed E-state index contributed by atoms with van der Waals surface area (Å²) in [5, 5.41) is 2.73. The quantitative estimate of drug-likeness (QED) is 0.533. The zero-order valence-corrected chi connectivity index (χ0v) is 18.5. The van der Waals surface area contributed by atoms with E-state index in [2.05, 4.69) is 10.3 Å². The Morgan fingerprint density at radius 1 is 1.29 bits per heavy atom. The molecule has 1 unspecified atom stereocenters. The van der Waals surface area contributed by atoms with Crippen molar-refractivity contribution in [2.24, 2.45) is 10.9 Å². The number of hydrogen-bond acceptors (Lipinski definition) is 7. The number of nitrogens with one attached hydrogen (secondary N) is 1. The molecule has 0 bridgehead atoms. The van der Waals surface area contributed by atoms with Crippen molar-refractivity contribution in [1.29, 1.82) is 0 Å². The van der Waals surface area contributed by atoms with E-state index in [9.17, 15) is 19.2 Å². The largest absolute Gasteiger partial charge is 0.462 e. The van der Waals surface area contributed by atoms with E-state index in [1.807, 2.05) is 0 Å². The Morgan fingerprint density at radius 3 is 2.71 bits per heavy atom. The molecule has 10 heteroatoms. The summed E-state index contributed by atoms with van der Waals surface area (Å²) in [6, 6.07) is 6.15. The first kappa shape index (κ1) is 22.4. The second-order valence-electron chi connectivity index (χ2n) is 6.94. The summed E-state index contributed by atoms with van der Waals surface area (Å²) in [5.41, 5.74) is 1.37. The Labute approximate surface area is 183 Å². The second-order valence-corrected chi connectivity index (χ2v) is 7.96. The van der Waals surface area contributed by atoms with Gasteiger partial charge in [0, 0.05) is 4.91 Å². The number of rotatable bonds is 6. The summed E-state index contributed by atoms with van der Waals surface area (Å²) in [6.45, 7) is 3.74. The van der Waals surface area contributed by atoms with E-state index in [0.29, 0.717) is 16.4 Å². The molecule has 1 N–H and O–H groups in total. The molecule has 0 spiro atoms. The molecular weight excluding hydrogens is 420 g/mol. The van der Waals surface area contributed by atoms with Gasteiger partial charge in [0.2, 0.25) is 5.91 Å². The SMILES string of the molecule is CCOC(=O)c1ccccc1NC(=O)CSC1=C(C)C=NC2=[N+](C)C(=O)N(C)C(=O)C12. The number of urea groups is 1. The number of ether oxygens (including phenoxy) is 1. The topological polar surface area (TPSA) is 108 Å². The van der Waals surface area contributed by atoms with Gasteiger partial charge in [-0.3, -0.25) is 9.59 Å². The summed E-state index contributed by atoms with van der Waals surface area (Å²) in [4.78, 5) is 55.7. The molecule has 0 radical (unpaired) electrons. The lowest BCUT2D eigenvalue weighted by molar-refractivity contribution is -0.407. The molecule has 2 aliphatic rings. The van der Waals surface area contributed by atoms with Crippen molar-refractivity contribution >= 4 is 53.3 Å². The van der Waals surface area contributed by atoms with E-state index < -0.39 is 17.9 Å². The van der Waals surface area contributed by atoms with Crippen LogP contribution in [0, 0.1) is 5.92 Å². The number of allylic oxidation sites excluding steroid dienone is 1. The summed E-state index contributed by atoms with van der Waals surface area (Å²) in [6.07, 6.45) is 1.59.